The Labute approximate surface area is 267 Å². The van der Waals surface area contributed by atoms with E-state index in [4.69, 9.17) is 10.2 Å². The van der Waals surface area contributed by atoms with Gasteiger partial charge in [0, 0.05) is 38.8 Å². The summed E-state index contributed by atoms with van der Waals surface area (Å²) in [4.78, 5) is 75.0. The molecule has 2 aromatic rings. The molecule has 6 atom stereocenters. The fourth-order valence-corrected chi connectivity index (χ4v) is 7.56. The fraction of sp³-hybridized carbons (Fsp3) is 0.545. The third-order valence-corrected chi connectivity index (χ3v) is 9.80. The molecular formula is C33H43N5O8. The summed E-state index contributed by atoms with van der Waals surface area (Å²) >= 11 is 0. The van der Waals surface area contributed by atoms with Crippen molar-refractivity contribution in [1.29, 1.82) is 0 Å². The number of rotatable bonds is 9. The zero-order valence-corrected chi connectivity index (χ0v) is 27.4. The van der Waals surface area contributed by atoms with Crippen molar-refractivity contribution >= 4 is 34.7 Å². The van der Waals surface area contributed by atoms with Crippen LogP contribution in [-0.2, 0) is 32.1 Å². The smallest absolute Gasteiger partial charge is 0.235 e. The summed E-state index contributed by atoms with van der Waals surface area (Å²) in [7, 11) is 12.7. The van der Waals surface area contributed by atoms with E-state index in [2.05, 4.69) is 9.80 Å². The van der Waals surface area contributed by atoms with Crippen molar-refractivity contribution in [3.63, 3.8) is 0 Å². The number of fused-ring (bicyclic) bond motifs is 3. The first-order chi connectivity index (χ1) is 21.5. The maximum Gasteiger partial charge on any atom is 0.235 e. The number of phenols is 1. The monoisotopic (exact) mass is 637 g/mol. The number of carbonyl (C=O) groups is 5. The van der Waals surface area contributed by atoms with Gasteiger partial charge in [-0.05, 0) is 77.8 Å². The lowest BCUT2D eigenvalue weighted by Crippen LogP contribution is -2.74. The van der Waals surface area contributed by atoms with Gasteiger partial charge >= 0.3 is 0 Å². The lowest BCUT2D eigenvalue weighted by molar-refractivity contribution is -0.181. The van der Waals surface area contributed by atoms with Gasteiger partial charge in [-0.1, -0.05) is 0 Å². The molecule has 4 N–H and O–H groups in total. The number of likely N-dealkylation sites (N-methyl/N-ethyl adjacent to an activating group) is 3. The van der Waals surface area contributed by atoms with Gasteiger partial charge in [0.2, 0.25) is 5.91 Å². The second-order valence-corrected chi connectivity index (χ2v) is 13.6. The molecule has 2 unspecified atom stereocenters. The highest BCUT2D eigenvalue weighted by molar-refractivity contribution is 6.32. The number of amides is 1. The van der Waals surface area contributed by atoms with Crippen molar-refractivity contribution in [2.45, 2.75) is 31.0 Å². The van der Waals surface area contributed by atoms with Crippen molar-refractivity contribution in [2.75, 3.05) is 67.3 Å². The Morgan fingerprint density at radius 2 is 1.70 bits per heavy atom. The first kappa shape index (κ1) is 33.5. The fourth-order valence-electron chi connectivity index (χ4n) is 7.56. The molecule has 0 radical (unpaired) electrons. The SMILES string of the molecule is CN(C)CCN(C)Cc1ccc(-c2cc(N(C)C)c3c(c2O)C(=O)C2C(=O)[C@@]4(O)C(=O)C(C(N)=O)C(=O)[C@H](N(C)C)[C@H]4C[C@H]2C3)o1. The van der Waals surface area contributed by atoms with E-state index >= 15 is 0 Å². The minimum Gasteiger partial charge on any atom is -0.506 e. The van der Waals surface area contributed by atoms with Crippen LogP contribution in [0.15, 0.2) is 22.6 Å². The van der Waals surface area contributed by atoms with Crippen molar-refractivity contribution in [2.24, 2.45) is 29.4 Å². The standard InChI is InChI=1S/C33H43N5O8/c1-35(2)10-11-38(7)15-17-8-9-22(46-17)19-14-21(36(3)4)18-12-16-13-20-26(37(5)6)29(41)25(32(34)44)31(43)33(20,45)30(42)23(16)28(40)24(18)27(19)39/h8-9,14,16,20,23,25-26,39,45H,10-13,15H2,1-7H3,(H2,34,44)/t16-,20-,23?,25?,26-,33-/m1/s1. The second kappa shape index (κ2) is 12.0. The molecule has 46 heavy (non-hydrogen) atoms. The van der Waals surface area contributed by atoms with Crippen molar-refractivity contribution in [3.05, 3.63) is 35.1 Å². The number of hydrogen-bond acceptors (Lipinski definition) is 12. The molecule has 0 aliphatic heterocycles. The molecule has 1 amide bonds. The minimum absolute atomic E-state index is 0.0117. The number of benzene rings is 1. The number of Topliss-reactive ketones (excluding diaryl/α,β-unsaturated/α-hetero) is 4. The first-order valence-corrected chi connectivity index (χ1v) is 15.3. The van der Waals surface area contributed by atoms with Gasteiger partial charge in [0.25, 0.3) is 0 Å². The number of hydrogen-bond donors (Lipinski definition) is 3. The van der Waals surface area contributed by atoms with Crippen LogP contribution < -0.4 is 10.6 Å². The molecular weight excluding hydrogens is 594 g/mol. The second-order valence-electron chi connectivity index (χ2n) is 13.6. The van der Waals surface area contributed by atoms with E-state index in [9.17, 15) is 34.2 Å². The summed E-state index contributed by atoms with van der Waals surface area (Å²) in [5.41, 5.74) is 3.98. The van der Waals surface area contributed by atoms with Crippen LogP contribution >= 0.6 is 0 Å². The van der Waals surface area contributed by atoms with E-state index in [1.165, 1.54) is 4.90 Å². The van der Waals surface area contributed by atoms with Gasteiger partial charge in [0.15, 0.2) is 34.7 Å². The van der Waals surface area contributed by atoms with Gasteiger partial charge in [-0.2, -0.15) is 0 Å². The molecule has 3 aliphatic carbocycles. The topological polar surface area (TPSA) is 178 Å². The Bertz CT molecular complexity index is 1610. The van der Waals surface area contributed by atoms with E-state index < -0.39 is 64.4 Å². The number of primary amides is 1. The Hall–Kier alpha value is -3.91. The summed E-state index contributed by atoms with van der Waals surface area (Å²) in [5.74, 6) is -9.84. The predicted octanol–water partition coefficient (Wildman–Crippen LogP) is 0.186. The highest BCUT2D eigenvalue weighted by Crippen LogP contribution is 2.53. The van der Waals surface area contributed by atoms with Gasteiger partial charge in [-0.25, -0.2) is 0 Å². The molecule has 248 valence electrons. The van der Waals surface area contributed by atoms with Gasteiger partial charge < -0.3 is 30.2 Å². The number of nitrogens with zero attached hydrogens (tertiary/aromatic N) is 4. The molecule has 0 spiro atoms. The normalized spacial score (nSPS) is 27.7. The van der Waals surface area contributed by atoms with E-state index in [-0.39, 0.29) is 29.7 Å². The van der Waals surface area contributed by atoms with Crippen LogP contribution in [0.3, 0.4) is 0 Å². The number of ketones is 4. The molecule has 3 aliphatic rings. The molecule has 1 aromatic heterocycles. The zero-order chi connectivity index (χ0) is 34.0. The number of anilines is 1. The van der Waals surface area contributed by atoms with Gasteiger partial charge in [0.05, 0.1) is 29.6 Å². The molecule has 2 fully saturated rings. The van der Waals surface area contributed by atoms with Crippen molar-refractivity contribution in [3.8, 4) is 17.1 Å². The molecule has 1 heterocycles. The average Bonchev–Trinajstić information content (AvgIpc) is 3.41. The van der Waals surface area contributed by atoms with Crippen molar-refractivity contribution in [1.82, 2.24) is 14.7 Å². The van der Waals surface area contributed by atoms with E-state index in [1.807, 2.05) is 26.0 Å². The maximum atomic E-state index is 14.3. The largest absolute Gasteiger partial charge is 0.506 e. The highest BCUT2D eigenvalue weighted by Gasteiger charge is 2.69. The number of aromatic hydroxyl groups is 1. The van der Waals surface area contributed by atoms with Crippen LogP contribution in [0.25, 0.3) is 11.3 Å². The summed E-state index contributed by atoms with van der Waals surface area (Å²) in [6.07, 6.45) is 0.162. The molecule has 0 bridgehead atoms. The highest BCUT2D eigenvalue weighted by atomic mass is 16.3. The number of phenolic OH excluding ortho intramolecular Hbond substituents is 1. The Morgan fingerprint density at radius 1 is 1.02 bits per heavy atom. The van der Waals surface area contributed by atoms with Gasteiger partial charge in [0.1, 0.15) is 17.3 Å². The number of aliphatic hydroxyl groups is 1. The average molecular weight is 638 g/mol. The van der Waals surface area contributed by atoms with E-state index in [0.29, 0.717) is 29.3 Å². The van der Waals surface area contributed by atoms with Crippen LogP contribution in [0.2, 0.25) is 0 Å². The lowest BCUT2D eigenvalue weighted by atomic mass is 9.52. The van der Waals surface area contributed by atoms with Crippen LogP contribution in [0.4, 0.5) is 5.69 Å². The van der Waals surface area contributed by atoms with E-state index in [0.717, 1.165) is 13.1 Å². The van der Waals surface area contributed by atoms with Crippen LogP contribution in [0.5, 0.6) is 5.75 Å². The number of nitrogens with two attached hydrogens (primary N) is 1. The Kier molecular flexibility index (Phi) is 8.75. The summed E-state index contributed by atoms with van der Waals surface area (Å²) in [6, 6.07) is 4.12. The first-order valence-electron chi connectivity index (χ1n) is 15.3. The predicted molar refractivity (Wildman–Crippen MR) is 168 cm³/mol. The number of carbonyl (C=O) groups excluding carboxylic acids is 5. The van der Waals surface area contributed by atoms with Crippen LogP contribution in [0, 0.1) is 23.7 Å². The zero-order valence-electron chi connectivity index (χ0n) is 27.4. The van der Waals surface area contributed by atoms with Crippen LogP contribution in [0.1, 0.15) is 28.1 Å². The number of furan rings is 1. The quantitative estimate of drug-likeness (QED) is 0.319. The molecule has 1 aromatic carbocycles. The molecule has 0 saturated heterocycles. The van der Waals surface area contributed by atoms with Gasteiger partial charge in [-0.3, -0.25) is 33.8 Å². The molecule has 13 heteroatoms. The van der Waals surface area contributed by atoms with Crippen molar-refractivity contribution < 1.29 is 38.6 Å². The molecule has 5 rings (SSSR count). The molecule has 13 nitrogen and oxygen atoms in total. The summed E-state index contributed by atoms with van der Waals surface area (Å²) < 4.78 is 6.12. The van der Waals surface area contributed by atoms with Gasteiger partial charge in [-0.15, -0.1) is 0 Å². The third-order valence-electron chi connectivity index (χ3n) is 9.80. The van der Waals surface area contributed by atoms with E-state index in [1.54, 1.807) is 46.4 Å². The van der Waals surface area contributed by atoms with Crippen LogP contribution in [-0.4, -0.2) is 128 Å². The third kappa shape index (κ3) is 5.24. The minimum atomic E-state index is -2.77. The Morgan fingerprint density at radius 3 is 2.28 bits per heavy atom. The Balaban J connectivity index is 1.57. The molecule has 2 saturated carbocycles. The summed E-state index contributed by atoms with van der Waals surface area (Å²) in [6.45, 7) is 2.19. The lowest BCUT2D eigenvalue weighted by Gasteiger charge is -2.52. The maximum absolute atomic E-state index is 14.3. The summed E-state index contributed by atoms with van der Waals surface area (Å²) in [5, 5.41) is 23.5.